The molecule has 3 N–H and O–H groups in total. The minimum absolute atomic E-state index is 0.00209. The molecule has 0 aliphatic rings. The average molecular weight is 452 g/mol. The van der Waals surface area contributed by atoms with Gasteiger partial charge in [0.15, 0.2) is 0 Å². The Labute approximate surface area is 182 Å². The van der Waals surface area contributed by atoms with Gasteiger partial charge in [-0.3, -0.25) is 9.59 Å². The molecule has 0 bridgehead atoms. The van der Waals surface area contributed by atoms with Gasteiger partial charge < -0.3 is 10.6 Å². The van der Waals surface area contributed by atoms with E-state index >= 15 is 0 Å². The average Bonchev–Trinajstić information content (AvgIpc) is 2.66. The van der Waals surface area contributed by atoms with E-state index in [0.717, 1.165) is 5.56 Å². The molecule has 1 atom stereocenters. The van der Waals surface area contributed by atoms with Crippen LogP contribution >= 0.6 is 11.6 Å². The Morgan fingerprint density at radius 3 is 2.13 bits per heavy atom. The van der Waals surface area contributed by atoms with Crippen molar-refractivity contribution in [2.24, 2.45) is 0 Å². The molecule has 2 aromatic rings. The summed E-state index contributed by atoms with van der Waals surface area (Å²) in [6.07, 6.45) is 0. The van der Waals surface area contributed by atoms with E-state index in [2.05, 4.69) is 15.4 Å². The SMILES string of the molecule is CC(=O)Nc1ccc(S(=O)(=O)N[C@@H](C)C(=O)NCC(C)(C)c2ccc(Cl)cc2)cc1. The second-order valence-electron chi connectivity index (χ2n) is 7.66. The second-order valence-corrected chi connectivity index (χ2v) is 9.81. The molecule has 9 heteroatoms. The number of nitrogens with one attached hydrogen (secondary N) is 3. The van der Waals surface area contributed by atoms with Gasteiger partial charge in [0.05, 0.1) is 10.9 Å². The van der Waals surface area contributed by atoms with Crippen molar-refractivity contribution in [1.82, 2.24) is 10.0 Å². The first kappa shape index (κ1) is 23.9. The van der Waals surface area contributed by atoms with Crippen molar-refractivity contribution in [2.45, 2.75) is 44.0 Å². The molecule has 162 valence electrons. The minimum atomic E-state index is -3.90. The number of hydrogen-bond acceptors (Lipinski definition) is 4. The fourth-order valence-corrected chi connectivity index (χ4v) is 4.07. The number of halogens is 1. The van der Waals surface area contributed by atoms with Crippen LogP contribution < -0.4 is 15.4 Å². The van der Waals surface area contributed by atoms with Crippen molar-refractivity contribution in [1.29, 1.82) is 0 Å². The van der Waals surface area contributed by atoms with E-state index in [0.29, 0.717) is 17.3 Å². The summed E-state index contributed by atoms with van der Waals surface area (Å²) in [5.74, 6) is -0.689. The van der Waals surface area contributed by atoms with Crippen molar-refractivity contribution in [3.8, 4) is 0 Å². The van der Waals surface area contributed by atoms with Crippen molar-refractivity contribution in [3.05, 3.63) is 59.1 Å². The Balaban J connectivity index is 1.98. The molecule has 0 spiro atoms. The Hall–Kier alpha value is -2.42. The number of benzene rings is 2. The number of carbonyl (C=O) groups excluding carboxylic acids is 2. The summed E-state index contributed by atoms with van der Waals surface area (Å²) in [6, 6.07) is 12.1. The summed E-state index contributed by atoms with van der Waals surface area (Å²) in [5.41, 5.74) is 1.12. The molecule has 0 aliphatic carbocycles. The van der Waals surface area contributed by atoms with E-state index in [-0.39, 0.29) is 16.2 Å². The van der Waals surface area contributed by atoms with Crippen LogP contribution in [0.4, 0.5) is 5.69 Å². The molecule has 0 aliphatic heterocycles. The standard InChI is InChI=1S/C21H26ClN3O4S/c1-14(20(27)23-13-21(3,4)16-5-7-17(22)8-6-16)25-30(28,29)19-11-9-18(10-12-19)24-15(2)26/h5-12,14,25H,13H2,1-4H3,(H,23,27)(H,24,26)/t14-/m0/s1. The molecule has 2 aromatic carbocycles. The zero-order valence-corrected chi connectivity index (χ0v) is 18.9. The Bertz CT molecular complexity index is 1000. The van der Waals surface area contributed by atoms with Crippen molar-refractivity contribution < 1.29 is 18.0 Å². The lowest BCUT2D eigenvalue weighted by atomic mass is 9.84. The normalized spacial score (nSPS) is 12.8. The molecule has 0 saturated carbocycles. The first-order chi connectivity index (χ1) is 13.9. The van der Waals surface area contributed by atoms with Gasteiger partial charge >= 0.3 is 0 Å². The number of rotatable bonds is 8. The lowest BCUT2D eigenvalue weighted by molar-refractivity contribution is -0.122. The van der Waals surface area contributed by atoms with E-state index in [1.807, 2.05) is 26.0 Å². The van der Waals surface area contributed by atoms with E-state index in [1.54, 1.807) is 12.1 Å². The van der Waals surface area contributed by atoms with E-state index in [9.17, 15) is 18.0 Å². The Kier molecular flexibility index (Phi) is 7.63. The maximum atomic E-state index is 12.5. The fraction of sp³-hybridized carbons (Fsp3) is 0.333. The molecule has 2 rings (SSSR count). The summed E-state index contributed by atoms with van der Waals surface area (Å²) in [5, 5.41) is 5.99. The highest BCUT2D eigenvalue weighted by molar-refractivity contribution is 7.89. The Morgan fingerprint density at radius 1 is 1.03 bits per heavy atom. The third-order valence-electron chi connectivity index (χ3n) is 4.54. The highest BCUT2D eigenvalue weighted by Crippen LogP contribution is 2.24. The maximum Gasteiger partial charge on any atom is 0.241 e. The minimum Gasteiger partial charge on any atom is -0.354 e. The second kappa shape index (κ2) is 9.59. The van der Waals surface area contributed by atoms with Gasteiger partial charge in [0.2, 0.25) is 21.8 Å². The van der Waals surface area contributed by atoms with E-state index in [4.69, 9.17) is 11.6 Å². The summed E-state index contributed by atoms with van der Waals surface area (Å²) >= 11 is 5.92. The summed E-state index contributed by atoms with van der Waals surface area (Å²) in [6.45, 7) is 7.11. The third kappa shape index (κ3) is 6.55. The number of carbonyl (C=O) groups is 2. The highest BCUT2D eigenvalue weighted by atomic mass is 35.5. The molecular weight excluding hydrogens is 426 g/mol. The van der Waals surface area contributed by atoms with Gasteiger partial charge in [-0.2, -0.15) is 4.72 Å². The topological polar surface area (TPSA) is 104 Å². The summed E-state index contributed by atoms with van der Waals surface area (Å²) in [7, 11) is -3.90. The van der Waals surface area contributed by atoms with Crippen molar-refractivity contribution in [2.75, 3.05) is 11.9 Å². The lowest BCUT2D eigenvalue weighted by Crippen LogP contribution is -2.47. The summed E-state index contributed by atoms with van der Waals surface area (Å²) in [4.78, 5) is 23.5. The zero-order valence-electron chi connectivity index (χ0n) is 17.3. The molecule has 7 nitrogen and oxygen atoms in total. The van der Waals surface area contributed by atoms with Crippen LogP contribution in [-0.2, 0) is 25.0 Å². The van der Waals surface area contributed by atoms with Gasteiger partial charge in [-0.05, 0) is 48.9 Å². The van der Waals surface area contributed by atoms with Crippen LogP contribution in [0.3, 0.4) is 0 Å². The number of hydrogen-bond donors (Lipinski definition) is 3. The number of anilines is 1. The molecular formula is C21H26ClN3O4S. The molecule has 0 saturated heterocycles. The van der Waals surface area contributed by atoms with Crippen LogP contribution in [-0.4, -0.2) is 32.8 Å². The fourth-order valence-electron chi connectivity index (χ4n) is 2.74. The van der Waals surface area contributed by atoms with Crippen LogP contribution in [0.15, 0.2) is 53.4 Å². The molecule has 30 heavy (non-hydrogen) atoms. The predicted octanol–water partition coefficient (Wildman–Crippen LogP) is 3.06. The maximum absolute atomic E-state index is 12.5. The zero-order chi connectivity index (χ0) is 22.5. The molecule has 0 heterocycles. The van der Waals surface area contributed by atoms with Crippen LogP contribution in [0.2, 0.25) is 5.02 Å². The molecule has 2 amide bonds. The van der Waals surface area contributed by atoms with Crippen LogP contribution in [0.25, 0.3) is 0 Å². The summed E-state index contributed by atoms with van der Waals surface area (Å²) < 4.78 is 27.5. The smallest absolute Gasteiger partial charge is 0.241 e. The van der Waals surface area contributed by atoms with Gasteiger partial charge in [0.1, 0.15) is 0 Å². The van der Waals surface area contributed by atoms with Crippen LogP contribution in [0.1, 0.15) is 33.3 Å². The van der Waals surface area contributed by atoms with Gasteiger partial charge in [0.25, 0.3) is 0 Å². The third-order valence-corrected chi connectivity index (χ3v) is 6.35. The van der Waals surface area contributed by atoms with Gasteiger partial charge in [-0.15, -0.1) is 0 Å². The molecule has 0 unspecified atom stereocenters. The van der Waals surface area contributed by atoms with Gasteiger partial charge in [-0.25, -0.2) is 8.42 Å². The van der Waals surface area contributed by atoms with Gasteiger partial charge in [-0.1, -0.05) is 37.6 Å². The molecule has 0 fully saturated rings. The van der Waals surface area contributed by atoms with Crippen LogP contribution in [0, 0.1) is 0 Å². The lowest BCUT2D eigenvalue weighted by Gasteiger charge is -2.26. The first-order valence-electron chi connectivity index (χ1n) is 9.34. The number of amides is 2. The first-order valence-corrected chi connectivity index (χ1v) is 11.2. The Morgan fingerprint density at radius 2 is 1.60 bits per heavy atom. The molecule has 0 aromatic heterocycles. The monoisotopic (exact) mass is 451 g/mol. The molecule has 0 radical (unpaired) electrons. The largest absolute Gasteiger partial charge is 0.354 e. The van der Waals surface area contributed by atoms with Gasteiger partial charge in [0, 0.05) is 29.6 Å². The van der Waals surface area contributed by atoms with E-state index in [1.165, 1.54) is 38.1 Å². The van der Waals surface area contributed by atoms with Crippen LogP contribution in [0.5, 0.6) is 0 Å². The highest BCUT2D eigenvalue weighted by Gasteiger charge is 2.25. The van der Waals surface area contributed by atoms with E-state index < -0.39 is 22.0 Å². The quantitative estimate of drug-likeness (QED) is 0.573. The predicted molar refractivity (Wildman–Crippen MR) is 118 cm³/mol. The van der Waals surface area contributed by atoms with Crippen molar-refractivity contribution >= 4 is 39.1 Å². The number of sulfonamides is 1. The van der Waals surface area contributed by atoms with Crippen molar-refractivity contribution in [3.63, 3.8) is 0 Å².